The number of carbonyl (C=O) groups is 1. The third kappa shape index (κ3) is 5.42. The molecule has 0 bridgehead atoms. The molecule has 32 heavy (non-hydrogen) atoms. The maximum atomic E-state index is 12.9. The predicted molar refractivity (Wildman–Crippen MR) is 119 cm³/mol. The lowest BCUT2D eigenvalue weighted by Gasteiger charge is -2.22. The van der Waals surface area contributed by atoms with Crippen molar-refractivity contribution >= 4 is 32.4 Å². The summed E-state index contributed by atoms with van der Waals surface area (Å²) in [4.78, 5) is 15.7. The van der Waals surface area contributed by atoms with E-state index in [4.69, 9.17) is 0 Å². The summed E-state index contributed by atoms with van der Waals surface area (Å²) in [7, 11) is -8.02. The number of carboxylic acids is 1. The quantitative estimate of drug-likeness (QED) is 0.598. The van der Waals surface area contributed by atoms with Crippen molar-refractivity contribution in [3.05, 3.63) is 71.4 Å². The molecule has 1 atom stereocenters. The van der Waals surface area contributed by atoms with Gasteiger partial charge in [0.1, 0.15) is 12.4 Å². The molecule has 1 unspecified atom stereocenters. The van der Waals surface area contributed by atoms with E-state index in [0.717, 1.165) is 21.8 Å². The van der Waals surface area contributed by atoms with E-state index in [2.05, 4.69) is 9.71 Å². The van der Waals surface area contributed by atoms with Crippen LogP contribution in [0.15, 0.2) is 75.1 Å². The van der Waals surface area contributed by atoms with E-state index in [9.17, 15) is 26.7 Å². The molecule has 1 aliphatic rings. The van der Waals surface area contributed by atoms with Crippen LogP contribution >= 0.6 is 0 Å². The first kappa shape index (κ1) is 23.6. The standard InChI is InChI=1S/C21H23N3O6S2/c1-15-3-7-18(8-4-15)31(27,28)23-20(21(25)26)11-17-12-22-14-24(13-17)32(29,30)19-9-5-16(2)6-10-19/h3-10,13-14,20,23H,11-12H2,1-2H3,(H,25,26). The molecule has 0 radical (unpaired) electrons. The minimum Gasteiger partial charge on any atom is -0.480 e. The Morgan fingerprint density at radius 2 is 1.53 bits per heavy atom. The number of carboxylic acid groups (broad SMARTS) is 1. The van der Waals surface area contributed by atoms with Crippen molar-refractivity contribution in [3.8, 4) is 0 Å². The summed E-state index contributed by atoms with van der Waals surface area (Å²) in [5, 5.41) is 9.56. The van der Waals surface area contributed by atoms with Crippen molar-refractivity contribution in [1.82, 2.24) is 9.03 Å². The van der Waals surface area contributed by atoms with Crippen molar-refractivity contribution < 1.29 is 26.7 Å². The van der Waals surface area contributed by atoms with Crippen LogP contribution in [0.5, 0.6) is 0 Å². The maximum Gasteiger partial charge on any atom is 0.322 e. The molecule has 0 fully saturated rings. The summed E-state index contributed by atoms with van der Waals surface area (Å²) in [5.74, 6) is -1.39. The molecular formula is C21H23N3O6S2. The van der Waals surface area contributed by atoms with Crippen LogP contribution in [0.2, 0.25) is 0 Å². The minimum absolute atomic E-state index is 0.0515. The first-order chi connectivity index (χ1) is 15.0. The van der Waals surface area contributed by atoms with Gasteiger partial charge in [-0.3, -0.25) is 9.79 Å². The number of aliphatic imine (C=N–C) groups is 1. The minimum atomic E-state index is -4.09. The zero-order valence-electron chi connectivity index (χ0n) is 17.5. The van der Waals surface area contributed by atoms with Crippen LogP contribution in [-0.2, 0) is 24.8 Å². The van der Waals surface area contributed by atoms with E-state index in [1.807, 2.05) is 6.92 Å². The number of sulfonamides is 2. The van der Waals surface area contributed by atoms with Gasteiger partial charge in [0.15, 0.2) is 0 Å². The van der Waals surface area contributed by atoms with Crippen LogP contribution in [0.1, 0.15) is 17.5 Å². The van der Waals surface area contributed by atoms with E-state index in [-0.39, 0.29) is 22.8 Å². The maximum absolute atomic E-state index is 12.9. The molecule has 0 saturated carbocycles. The molecule has 170 valence electrons. The smallest absolute Gasteiger partial charge is 0.322 e. The van der Waals surface area contributed by atoms with Gasteiger partial charge in [-0.15, -0.1) is 0 Å². The second-order valence-electron chi connectivity index (χ2n) is 7.42. The molecule has 3 rings (SSSR count). The number of benzene rings is 2. The summed E-state index contributed by atoms with van der Waals surface area (Å²) in [6, 6.07) is 10.8. The van der Waals surface area contributed by atoms with Gasteiger partial charge in [-0.1, -0.05) is 35.4 Å². The molecule has 0 aliphatic carbocycles. The SMILES string of the molecule is Cc1ccc(S(=O)(=O)NC(CC2=CN(S(=O)(=O)c3ccc(C)cc3)C=NC2)C(=O)O)cc1. The van der Waals surface area contributed by atoms with Crippen molar-refractivity contribution in [2.75, 3.05) is 6.54 Å². The Kier molecular flexibility index (Phi) is 6.82. The van der Waals surface area contributed by atoms with Gasteiger partial charge in [0.05, 0.1) is 16.3 Å². The zero-order chi connectivity index (χ0) is 23.5. The largest absolute Gasteiger partial charge is 0.480 e. The van der Waals surface area contributed by atoms with Crippen LogP contribution in [-0.4, -0.2) is 51.1 Å². The van der Waals surface area contributed by atoms with Gasteiger partial charge in [-0.25, -0.2) is 21.1 Å². The molecule has 2 N–H and O–H groups in total. The van der Waals surface area contributed by atoms with Crippen molar-refractivity contribution in [2.24, 2.45) is 4.99 Å². The van der Waals surface area contributed by atoms with E-state index in [0.29, 0.717) is 5.57 Å². The molecule has 9 nitrogen and oxygen atoms in total. The number of rotatable bonds is 8. The average molecular weight is 478 g/mol. The van der Waals surface area contributed by atoms with Crippen molar-refractivity contribution in [2.45, 2.75) is 36.1 Å². The molecular weight excluding hydrogens is 454 g/mol. The molecule has 0 spiro atoms. The average Bonchev–Trinajstić information content (AvgIpc) is 2.74. The normalized spacial score (nSPS) is 15.3. The van der Waals surface area contributed by atoms with Gasteiger partial charge < -0.3 is 5.11 Å². The highest BCUT2D eigenvalue weighted by molar-refractivity contribution is 7.90. The fourth-order valence-electron chi connectivity index (χ4n) is 2.99. The van der Waals surface area contributed by atoms with Gasteiger partial charge in [-0.05, 0) is 50.1 Å². The van der Waals surface area contributed by atoms with E-state index >= 15 is 0 Å². The first-order valence-corrected chi connectivity index (χ1v) is 12.5. The summed E-state index contributed by atoms with van der Waals surface area (Å²) in [6.07, 6.45) is 2.17. The highest BCUT2D eigenvalue weighted by Gasteiger charge is 2.29. The second kappa shape index (κ2) is 9.23. The van der Waals surface area contributed by atoms with E-state index in [1.165, 1.54) is 30.5 Å². The monoisotopic (exact) mass is 477 g/mol. The number of hydrogen-bond acceptors (Lipinski definition) is 6. The fourth-order valence-corrected chi connectivity index (χ4v) is 5.38. The Hall–Kier alpha value is -3.02. The molecule has 0 amide bonds. The number of hydrogen-bond donors (Lipinski definition) is 2. The first-order valence-electron chi connectivity index (χ1n) is 9.60. The number of nitrogens with one attached hydrogen (secondary N) is 1. The molecule has 2 aromatic rings. The predicted octanol–water partition coefficient (Wildman–Crippen LogP) is 2.04. The second-order valence-corrected chi connectivity index (χ2v) is 11.0. The van der Waals surface area contributed by atoms with Crippen LogP contribution in [0, 0.1) is 13.8 Å². The molecule has 2 aromatic carbocycles. The van der Waals surface area contributed by atoms with Crippen molar-refractivity contribution in [1.29, 1.82) is 0 Å². The van der Waals surface area contributed by atoms with Crippen LogP contribution < -0.4 is 4.72 Å². The van der Waals surface area contributed by atoms with E-state index in [1.54, 1.807) is 31.2 Å². The summed E-state index contributed by atoms with van der Waals surface area (Å²) >= 11 is 0. The van der Waals surface area contributed by atoms with Gasteiger partial charge in [0, 0.05) is 6.20 Å². The third-order valence-corrected chi connectivity index (χ3v) is 7.90. The lowest BCUT2D eigenvalue weighted by molar-refractivity contribution is -0.138. The Bertz CT molecular complexity index is 1270. The van der Waals surface area contributed by atoms with E-state index < -0.39 is 32.1 Å². The molecule has 1 aliphatic heterocycles. The summed E-state index contributed by atoms with van der Waals surface area (Å²) in [6.45, 7) is 3.69. The van der Waals surface area contributed by atoms with Crippen LogP contribution in [0.25, 0.3) is 0 Å². The van der Waals surface area contributed by atoms with Crippen molar-refractivity contribution in [3.63, 3.8) is 0 Å². The molecule has 11 heteroatoms. The molecule has 0 aromatic heterocycles. The molecule has 0 saturated heterocycles. The zero-order valence-corrected chi connectivity index (χ0v) is 19.1. The number of aryl methyl sites for hydroxylation is 2. The third-order valence-electron chi connectivity index (χ3n) is 4.79. The highest BCUT2D eigenvalue weighted by atomic mass is 32.2. The van der Waals surface area contributed by atoms with Gasteiger partial charge in [0.25, 0.3) is 10.0 Å². The topological polar surface area (TPSA) is 133 Å². The van der Waals surface area contributed by atoms with Crippen LogP contribution in [0.4, 0.5) is 0 Å². The van der Waals surface area contributed by atoms with Crippen LogP contribution in [0.3, 0.4) is 0 Å². The van der Waals surface area contributed by atoms with Gasteiger partial charge in [-0.2, -0.15) is 4.72 Å². The highest BCUT2D eigenvalue weighted by Crippen LogP contribution is 2.21. The Labute approximate surface area is 187 Å². The Balaban J connectivity index is 1.81. The lowest BCUT2D eigenvalue weighted by Crippen LogP contribution is -2.41. The fraction of sp³-hybridized carbons (Fsp3) is 0.238. The number of aliphatic carboxylic acids is 1. The Morgan fingerprint density at radius 1 is 1.00 bits per heavy atom. The Morgan fingerprint density at radius 3 is 2.06 bits per heavy atom. The lowest BCUT2D eigenvalue weighted by atomic mass is 10.1. The van der Waals surface area contributed by atoms with Gasteiger partial charge in [0.2, 0.25) is 10.0 Å². The van der Waals surface area contributed by atoms with Gasteiger partial charge >= 0.3 is 5.97 Å². The summed E-state index contributed by atoms with van der Waals surface area (Å²) in [5.41, 5.74) is 2.11. The number of nitrogens with zero attached hydrogens (tertiary/aromatic N) is 2. The summed E-state index contributed by atoms with van der Waals surface area (Å²) < 4.78 is 54.0. The molecule has 1 heterocycles.